The molecule has 148 valence electrons. The topological polar surface area (TPSA) is 57.7 Å². The van der Waals surface area contributed by atoms with Gasteiger partial charge in [-0.25, -0.2) is 13.2 Å². The van der Waals surface area contributed by atoms with E-state index in [2.05, 4.69) is 0 Å². The predicted molar refractivity (Wildman–Crippen MR) is 99.2 cm³/mol. The highest BCUT2D eigenvalue weighted by Gasteiger charge is 2.54. The van der Waals surface area contributed by atoms with Gasteiger partial charge in [0.1, 0.15) is 0 Å². The van der Waals surface area contributed by atoms with Gasteiger partial charge in [0, 0.05) is 11.4 Å². The highest BCUT2D eigenvalue weighted by atomic mass is 32.2. The van der Waals surface area contributed by atoms with Gasteiger partial charge in [-0.05, 0) is 37.3 Å². The molecule has 2 atom stereocenters. The molecule has 0 saturated carbocycles. The van der Waals surface area contributed by atoms with Crippen LogP contribution in [-0.4, -0.2) is 38.0 Å². The van der Waals surface area contributed by atoms with Gasteiger partial charge in [0.25, 0.3) is 0 Å². The molecule has 2 heterocycles. The zero-order valence-corrected chi connectivity index (χ0v) is 15.7. The smallest absolute Gasteiger partial charge is 0.288 e. The summed E-state index contributed by atoms with van der Waals surface area (Å²) in [4.78, 5) is 15.7. The fourth-order valence-corrected chi connectivity index (χ4v) is 5.76. The Labute approximate surface area is 160 Å². The van der Waals surface area contributed by atoms with Crippen LogP contribution in [0, 0.1) is 6.92 Å². The molecule has 2 fully saturated rings. The minimum atomic E-state index is -4.56. The first-order valence-corrected chi connectivity index (χ1v) is 10.5. The quantitative estimate of drug-likeness (QED) is 0.711. The van der Waals surface area contributed by atoms with Crippen molar-refractivity contribution < 1.29 is 26.4 Å². The minimum absolute atomic E-state index is 0.0431. The lowest BCUT2D eigenvalue weighted by Crippen LogP contribution is -2.38. The van der Waals surface area contributed by atoms with Crippen molar-refractivity contribution >= 4 is 27.2 Å². The summed E-state index contributed by atoms with van der Waals surface area (Å²) in [5.74, 6) is -0.491. The van der Waals surface area contributed by atoms with Crippen molar-refractivity contribution in [3.63, 3.8) is 0 Å². The number of aryl methyl sites for hydroxylation is 1. The third-order valence-corrected chi connectivity index (χ3v) is 6.83. The van der Waals surface area contributed by atoms with Crippen molar-refractivity contribution in [3.8, 4) is 0 Å². The number of nitrogens with zero attached hydrogens (tertiary/aromatic N) is 2. The molecule has 0 N–H and O–H groups in total. The number of alkyl halides is 3. The van der Waals surface area contributed by atoms with E-state index in [0.717, 1.165) is 17.7 Å². The first-order valence-electron chi connectivity index (χ1n) is 8.64. The van der Waals surface area contributed by atoms with E-state index in [1.165, 1.54) is 21.9 Å². The van der Waals surface area contributed by atoms with Crippen LogP contribution in [-0.2, 0) is 16.0 Å². The second-order valence-electron chi connectivity index (χ2n) is 7.12. The van der Waals surface area contributed by atoms with Crippen LogP contribution in [0.1, 0.15) is 11.1 Å². The number of sulfone groups is 1. The van der Waals surface area contributed by atoms with Gasteiger partial charge >= 0.3 is 12.2 Å². The maximum atomic E-state index is 13.2. The SMILES string of the molecule is Cc1ccc(N2C(=O)N(c3cccc(C(F)(F)F)c3)C3CS(=O)(=O)CC32)cc1. The molecule has 2 unspecified atom stereocenters. The van der Waals surface area contributed by atoms with Gasteiger partial charge in [0.2, 0.25) is 0 Å². The molecule has 28 heavy (non-hydrogen) atoms. The van der Waals surface area contributed by atoms with Crippen LogP contribution in [0.2, 0.25) is 0 Å². The Morgan fingerprint density at radius 3 is 2.07 bits per heavy atom. The van der Waals surface area contributed by atoms with Crippen LogP contribution in [0.5, 0.6) is 0 Å². The van der Waals surface area contributed by atoms with Crippen LogP contribution in [0.15, 0.2) is 48.5 Å². The molecule has 0 radical (unpaired) electrons. The lowest BCUT2D eigenvalue weighted by Gasteiger charge is -2.23. The molecule has 2 aromatic rings. The van der Waals surface area contributed by atoms with E-state index in [0.29, 0.717) is 5.69 Å². The zero-order chi connectivity index (χ0) is 20.3. The largest absolute Gasteiger partial charge is 0.416 e. The lowest BCUT2D eigenvalue weighted by atomic mass is 10.1. The number of amides is 2. The van der Waals surface area contributed by atoms with Gasteiger partial charge < -0.3 is 0 Å². The zero-order valence-electron chi connectivity index (χ0n) is 14.8. The first kappa shape index (κ1) is 18.8. The van der Waals surface area contributed by atoms with E-state index in [1.54, 1.807) is 24.3 Å². The number of anilines is 2. The van der Waals surface area contributed by atoms with Crippen LogP contribution in [0.3, 0.4) is 0 Å². The van der Waals surface area contributed by atoms with Crippen molar-refractivity contribution in [1.82, 2.24) is 0 Å². The van der Waals surface area contributed by atoms with Crippen LogP contribution in [0.4, 0.5) is 29.3 Å². The maximum absolute atomic E-state index is 13.2. The second-order valence-corrected chi connectivity index (χ2v) is 9.27. The number of carbonyl (C=O) groups is 1. The first-order chi connectivity index (χ1) is 13.1. The van der Waals surface area contributed by atoms with Crippen LogP contribution in [0.25, 0.3) is 0 Å². The summed E-state index contributed by atoms with van der Waals surface area (Å²) in [6.07, 6.45) is -4.56. The van der Waals surface area contributed by atoms with E-state index in [9.17, 15) is 26.4 Å². The van der Waals surface area contributed by atoms with Gasteiger partial charge in [-0.15, -0.1) is 0 Å². The summed E-state index contributed by atoms with van der Waals surface area (Å²) in [7, 11) is -3.42. The summed E-state index contributed by atoms with van der Waals surface area (Å²) < 4.78 is 63.8. The fraction of sp³-hybridized carbons (Fsp3) is 0.316. The van der Waals surface area contributed by atoms with Crippen molar-refractivity contribution in [3.05, 3.63) is 59.7 Å². The third-order valence-electron chi connectivity index (χ3n) is 5.13. The molecule has 2 aromatic carbocycles. The lowest BCUT2D eigenvalue weighted by molar-refractivity contribution is -0.137. The molecule has 0 aromatic heterocycles. The third kappa shape index (κ3) is 3.13. The molecule has 0 aliphatic carbocycles. The van der Waals surface area contributed by atoms with Gasteiger partial charge in [-0.2, -0.15) is 13.2 Å². The molecule has 2 saturated heterocycles. The summed E-state index contributed by atoms with van der Waals surface area (Å²) >= 11 is 0. The molecular formula is C19H17F3N2O3S. The summed E-state index contributed by atoms with van der Waals surface area (Å²) in [6.45, 7) is 1.88. The summed E-state index contributed by atoms with van der Waals surface area (Å²) in [6, 6.07) is 9.55. The van der Waals surface area contributed by atoms with Crippen molar-refractivity contribution in [2.24, 2.45) is 0 Å². The molecule has 2 amide bonds. The Morgan fingerprint density at radius 2 is 1.50 bits per heavy atom. The van der Waals surface area contributed by atoms with E-state index < -0.39 is 39.7 Å². The number of rotatable bonds is 2. The number of urea groups is 1. The average molecular weight is 410 g/mol. The van der Waals surface area contributed by atoms with E-state index in [1.807, 2.05) is 6.92 Å². The number of halogens is 3. The highest BCUT2D eigenvalue weighted by Crippen LogP contribution is 2.39. The van der Waals surface area contributed by atoms with Crippen molar-refractivity contribution in [2.45, 2.75) is 25.2 Å². The van der Waals surface area contributed by atoms with E-state index in [-0.39, 0.29) is 17.2 Å². The Bertz CT molecular complexity index is 1040. The summed E-state index contributed by atoms with van der Waals surface area (Å²) in [5, 5.41) is 0. The Kier molecular flexibility index (Phi) is 4.18. The number of carbonyl (C=O) groups excluding carboxylic acids is 1. The average Bonchev–Trinajstić information content (AvgIpc) is 3.04. The molecule has 5 nitrogen and oxygen atoms in total. The normalized spacial score (nSPS) is 23.9. The summed E-state index contributed by atoms with van der Waals surface area (Å²) in [5.41, 5.74) is 0.656. The highest BCUT2D eigenvalue weighted by molar-refractivity contribution is 7.91. The van der Waals surface area contributed by atoms with E-state index >= 15 is 0 Å². The molecule has 0 spiro atoms. The fourth-order valence-electron chi connectivity index (χ4n) is 3.84. The molecule has 2 aliphatic heterocycles. The van der Waals surface area contributed by atoms with Gasteiger partial charge in [-0.3, -0.25) is 9.80 Å². The monoisotopic (exact) mass is 410 g/mol. The van der Waals surface area contributed by atoms with Gasteiger partial charge in [0.05, 0.1) is 29.2 Å². The number of hydrogen-bond donors (Lipinski definition) is 0. The van der Waals surface area contributed by atoms with Crippen LogP contribution >= 0.6 is 0 Å². The number of hydrogen-bond acceptors (Lipinski definition) is 3. The molecular weight excluding hydrogens is 393 g/mol. The Balaban J connectivity index is 1.80. The van der Waals surface area contributed by atoms with Crippen molar-refractivity contribution in [2.75, 3.05) is 21.3 Å². The minimum Gasteiger partial charge on any atom is -0.288 e. The second kappa shape index (κ2) is 6.23. The number of fused-ring (bicyclic) bond motifs is 1. The predicted octanol–water partition coefficient (Wildman–Crippen LogP) is 3.63. The molecule has 0 bridgehead atoms. The standard InChI is InChI=1S/C19H17F3N2O3S/c1-12-5-7-14(8-6-12)23-16-10-28(26,27)11-17(16)24(18(23)25)15-4-2-3-13(9-15)19(20,21)22/h2-9,16-17H,10-11H2,1H3. The molecule has 9 heteroatoms. The van der Waals surface area contributed by atoms with Crippen molar-refractivity contribution in [1.29, 1.82) is 0 Å². The van der Waals surface area contributed by atoms with E-state index in [4.69, 9.17) is 0 Å². The molecule has 4 rings (SSSR count). The van der Waals surface area contributed by atoms with Crippen LogP contribution < -0.4 is 9.80 Å². The Hall–Kier alpha value is -2.55. The maximum Gasteiger partial charge on any atom is 0.416 e. The van der Waals surface area contributed by atoms with Gasteiger partial charge in [-0.1, -0.05) is 23.8 Å². The number of benzene rings is 2. The Morgan fingerprint density at radius 1 is 0.929 bits per heavy atom. The van der Waals surface area contributed by atoms with Gasteiger partial charge in [0.15, 0.2) is 9.84 Å². The molecule has 2 aliphatic rings.